The molecule has 0 radical (unpaired) electrons. The number of benzene rings is 2. The molecule has 0 spiro atoms. The molecule has 5 rings (SSSR count). The van der Waals surface area contributed by atoms with E-state index in [-0.39, 0.29) is 0 Å². The van der Waals surface area contributed by atoms with Gasteiger partial charge in [-0.05, 0) is 92.7 Å². The van der Waals surface area contributed by atoms with Gasteiger partial charge < -0.3 is 14.4 Å². The zero-order valence-electron chi connectivity index (χ0n) is 18.9. The fourth-order valence-corrected chi connectivity index (χ4v) is 5.76. The monoisotopic (exact) mass is 420 g/mol. The van der Waals surface area contributed by atoms with Gasteiger partial charge in [-0.3, -0.25) is 4.90 Å². The van der Waals surface area contributed by atoms with Crippen LogP contribution in [0.1, 0.15) is 67.2 Å². The second kappa shape index (κ2) is 9.62. The van der Waals surface area contributed by atoms with Crippen LogP contribution in [0.5, 0.6) is 11.5 Å². The zero-order valence-corrected chi connectivity index (χ0v) is 18.9. The fraction of sp³-hybridized carbons (Fsp3) is 0.556. The maximum absolute atomic E-state index is 6.22. The first-order valence-electron chi connectivity index (χ1n) is 12.2. The molecule has 2 aromatic carbocycles. The van der Waals surface area contributed by atoms with E-state index in [9.17, 15) is 0 Å². The standard InChI is InChI=1S/C27H36N2O2/c1-30-22-10-8-21(9-11-22)26-20-29-17-5-7-27(29)25-19-23(12-13-24(25)26)31-18-6-16-28-14-3-2-4-15-28/h8-13,19,26-27H,2-7,14-18,20H2,1H3/t26-,27+/m1/s1. The molecule has 2 fully saturated rings. The van der Waals surface area contributed by atoms with Crippen molar-refractivity contribution in [2.24, 2.45) is 0 Å². The average Bonchev–Trinajstić information content (AvgIpc) is 3.31. The Hall–Kier alpha value is -2.04. The molecule has 0 amide bonds. The average molecular weight is 421 g/mol. The summed E-state index contributed by atoms with van der Waals surface area (Å²) in [5.41, 5.74) is 4.34. The minimum absolute atomic E-state index is 0.420. The number of fused-ring (bicyclic) bond motifs is 3. The maximum atomic E-state index is 6.22. The van der Waals surface area contributed by atoms with E-state index in [4.69, 9.17) is 9.47 Å². The van der Waals surface area contributed by atoms with Crippen molar-refractivity contribution in [3.05, 3.63) is 59.2 Å². The van der Waals surface area contributed by atoms with E-state index in [1.165, 1.54) is 75.0 Å². The van der Waals surface area contributed by atoms with Crippen LogP contribution in [-0.2, 0) is 0 Å². The van der Waals surface area contributed by atoms with Crippen molar-refractivity contribution < 1.29 is 9.47 Å². The van der Waals surface area contributed by atoms with Crippen LogP contribution in [0.15, 0.2) is 42.5 Å². The number of likely N-dealkylation sites (tertiary alicyclic amines) is 1. The lowest BCUT2D eigenvalue weighted by Crippen LogP contribution is -2.34. The number of rotatable bonds is 7. The SMILES string of the molecule is COc1ccc([C@H]2CN3CCC[C@H]3c3cc(OCCCN4CCCCC4)ccc32)cc1. The Labute approximate surface area is 187 Å². The van der Waals surface area contributed by atoms with Gasteiger partial charge in [-0.2, -0.15) is 0 Å². The Morgan fingerprint density at radius 3 is 2.48 bits per heavy atom. The minimum Gasteiger partial charge on any atom is -0.497 e. The Kier molecular flexibility index (Phi) is 6.47. The van der Waals surface area contributed by atoms with Crippen LogP contribution in [-0.4, -0.2) is 56.2 Å². The van der Waals surface area contributed by atoms with Crippen LogP contribution in [0.3, 0.4) is 0 Å². The van der Waals surface area contributed by atoms with Crippen molar-refractivity contribution in [3.63, 3.8) is 0 Å². The molecule has 31 heavy (non-hydrogen) atoms. The molecule has 0 aliphatic carbocycles. The molecule has 0 unspecified atom stereocenters. The van der Waals surface area contributed by atoms with Crippen molar-refractivity contribution in [2.45, 2.75) is 50.5 Å². The van der Waals surface area contributed by atoms with Gasteiger partial charge in [0.2, 0.25) is 0 Å². The van der Waals surface area contributed by atoms with Crippen molar-refractivity contribution in [1.82, 2.24) is 9.80 Å². The molecule has 2 saturated heterocycles. The molecule has 3 aliphatic heterocycles. The van der Waals surface area contributed by atoms with Gasteiger partial charge >= 0.3 is 0 Å². The van der Waals surface area contributed by atoms with Crippen LogP contribution in [0.25, 0.3) is 0 Å². The molecule has 3 aliphatic rings. The van der Waals surface area contributed by atoms with Crippen molar-refractivity contribution in [1.29, 1.82) is 0 Å². The smallest absolute Gasteiger partial charge is 0.119 e. The number of hydrogen-bond acceptors (Lipinski definition) is 4. The molecule has 166 valence electrons. The van der Waals surface area contributed by atoms with Gasteiger partial charge in [-0.25, -0.2) is 0 Å². The summed E-state index contributed by atoms with van der Waals surface area (Å²) in [5, 5.41) is 0. The first-order chi connectivity index (χ1) is 15.3. The van der Waals surface area contributed by atoms with E-state index in [1.807, 2.05) is 0 Å². The Morgan fingerprint density at radius 2 is 1.68 bits per heavy atom. The summed E-state index contributed by atoms with van der Waals surface area (Å²) in [6, 6.07) is 16.1. The Bertz CT molecular complexity index is 860. The zero-order chi connectivity index (χ0) is 21.0. The van der Waals surface area contributed by atoms with Gasteiger partial charge in [-0.15, -0.1) is 0 Å². The summed E-state index contributed by atoms with van der Waals surface area (Å²) in [5.74, 6) is 2.38. The van der Waals surface area contributed by atoms with Gasteiger partial charge in [0.05, 0.1) is 13.7 Å². The summed E-state index contributed by atoms with van der Waals surface area (Å²) >= 11 is 0. The van der Waals surface area contributed by atoms with Crippen LogP contribution in [0.2, 0.25) is 0 Å². The summed E-state index contributed by atoms with van der Waals surface area (Å²) in [6.45, 7) is 6.83. The highest BCUT2D eigenvalue weighted by Crippen LogP contribution is 2.45. The molecule has 3 heterocycles. The predicted octanol–water partition coefficient (Wildman–Crippen LogP) is 5.23. The number of ether oxygens (including phenoxy) is 2. The number of nitrogens with zero attached hydrogens (tertiary/aromatic N) is 2. The van der Waals surface area contributed by atoms with Gasteiger partial charge in [0, 0.05) is 25.0 Å². The number of hydrogen-bond donors (Lipinski definition) is 0. The third-order valence-corrected chi connectivity index (χ3v) is 7.43. The number of methoxy groups -OCH3 is 1. The van der Waals surface area contributed by atoms with Crippen LogP contribution in [0, 0.1) is 0 Å². The summed E-state index contributed by atoms with van der Waals surface area (Å²) in [7, 11) is 1.73. The summed E-state index contributed by atoms with van der Waals surface area (Å²) < 4.78 is 11.6. The topological polar surface area (TPSA) is 24.9 Å². The lowest BCUT2D eigenvalue weighted by molar-refractivity contribution is 0.204. The Balaban J connectivity index is 1.29. The third-order valence-electron chi connectivity index (χ3n) is 7.43. The first-order valence-corrected chi connectivity index (χ1v) is 12.2. The molecule has 0 bridgehead atoms. The first kappa shape index (κ1) is 20.8. The second-order valence-electron chi connectivity index (χ2n) is 9.37. The molecule has 4 heteroatoms. The number of piperidine rings is 1. The highest BCUT2D eigenvalue weighted by atomic mass is 16.5. The highest BCUT2D eigenvalue weighted by molar-refractivity contribution is 5.47. The van der Waals surface area contributed by atoms with Crippen molar-refractivity contribution >= 4 is 0 Å². The van der Waals surface area contributed by atoms with E-state index in [1.54, 1.807) is 7.11 Å². The van der Waals surface area contributed by atoms with Gasteiger partial charge in [0.25, 0.3) is 0 Å². The van der Waals surface area contributed by atoms with Crippen molar-refractivity contribution in [3.8, 4) is 11.5 Å². The molecule has 4 nitrogen and oxygen atoms in total. The summed E-state index contributed by atoms with van der Waals surface area (Å²) in [4.78, 5) is 5.27. The minimum atomic E-state index is 0.420. The van der Waals surface area contributed by atoms with E-state index in [0.717, 1.165) is 31.1 Å². The van der Waals surface area contributed by atoms with Gasteiger partial charge in [-0.1, -0.05) is 24.6 Å². The Morgan fingerprint density at radius 1 is 0.871 bits per heavy atom. The molecule has 0 aromatic heterocycles. The quantitative estimate of drug-likeness (QED) is 0.573. The normalized spacial score (nSPS) is 23.9. The molecule has 0 N–H and O–H groups in total. The van der Waals surface area contributed by atoms with E-state index >= 15 is 0 Å². The summed E-state index contributed by atoms with van der Waals surface area (Å²) in [6.07, 6.45) is 7.79. The highest BCUT2D eigenvalue weighted by Gasteiger charge is 2.36. The lowest BCUT2D eigenvalue weighted by Gasteiger charge is -2.37. The van der Waals surface area contributed by atoms with Crippen LogP contribution >= 0.6 is 0 Å². The van der Waals surface area contributed by atoms with E-state index < -0.39 is 0 Å². The van der Waals surface area contributed by atoms with Crippen LogP contribution < -0.4 is 9.47 Å². The van der Waals surface area contributed by atoms with E-state index in [2.05, 4.69) is 52.3 Å². The lowest BCUT2D eigenvalue weighted by atomic mass is 9.81. The molecular formula is C27H36N2O2. The largest absolute Gasteiger partial charge is 0.497 e. The van der Waals surface area contributed by atoms with Gasteiger partial charge in [0.15, 0.2) is 0 Å². The molecule has 2 aromatic rings. The predicted molar refractivity (Wildman–Crippen MR) is 125 cm³/mol. The van der Waals surface area contributed by atoms with Crippen LogP contribution in [0.4, 0.5) is 0 Å². The molecule has 2 atom stereocenters. The van der Waals surface area contributed by atoms with Gasteiger partial charge in [0.1, 0.15) is 11.5 Å². The fourth-order valence-electron chi connectivity index (χ4n) is 5.76. The second-order valence-corrected chi connectivity index (χ2v) is 9.37. The van der Waals surface area contributed by atoms with E-state index in [0.29, 0.717) is 12.0 Å². The maximum Gasteiger partial charge on any atom is 0.119 e. The third kappa shape index (κ3) is 4.61. The van der Waals surface area contributed by atoms with Crippen molar-refractivity contribution in [2.75, 3.05) is 46.4 Å². The molecular weight excluding hydrogens is 384 g/mol. The molecule has 0 saturated carbocycles.